The molecule has 0 bridgehead atoms. The number of amidine groups is 1. The van der Waals surface area contributed by atoms with E-state index in [9.17, 15) is 8.42 Å². The van der Waals surface area contributed by atoms with Gasteiger partial charge in [-0.1, -0.05) is 0 Å². The Hall–Kier alpha value is -1.77. The SMILES string of the molecule is O=S(=O)(NC1=NOCCO1)c1cn[nH]c1. The lowest BCUT2D eigenvalue weighted by atomic mass is 10.7. The van der Waals surface area contributed by atoms with Gasteiger partial charge in [-0.15, -0.1) is 0 Å². The molecule has 0 fully saturated rings. The second kappa shape index (κ2) is 3.77. The van der Waals surface area contributed by atoms with Crippen LogP contribution in [0.1, 0.15) is 0 Å². The molecule has 0 aliphatic carbocycles. The summed E-state index contributed by atoms with van der Waals surface area (Å²) in [4.78, 5) is 4.66. The second-order valence-electron chi connectivity index (χ2n) is 2.62. The van der Waals surface area contributed by atoms with Crippen LogP contribution in [0.3, 0.4) is 0 Å². The van der Waals surface area contributed by atoms with E-state index in [2.05, 4.69) is 24.9 Å². The largest absolute Gasteiger partial charge is 0.459 e. The monoisotopic (exact) mass is 232 g/mol. The molecule has 0 amide bonds. The van der Waals surface area contributed by atoms with E-state index in [4.69, 9.17) is 4.74 Å². The van der Waals surface area contributed by atoms with Gasteiger partial charge < -0.3 is 9.57 Å². The first-order chi connectivity index (χ1) is 7.18. The molecule has 0 spiro atoms. The van der Waals surface area contributed by atoms with Crippen LogP contribution < -0.4 is 4.72 Å². The number of hydrogen-bond donors (Lipinski definition) is 2. The molecule has 0 saturated carbocycles. The standard InChI is InChI=1S/C6H8N4O4S/c11-15(12,5-3-7-8-4-5)10-6-9-14-2-1-13-6/h3-4H,1-2H2,(H,7,8)(H,9,10). The molecule has 8 nitrogen and oxygen atoms in total. The van der Waals surface area contributed by atoms with Gasteiger partial charge in [0.15, 0.2) is 6.61 Å². The molecular weight excluding hydrogens is 224 g/mol. The third-order valence-electron chi connectivity index (χ3n) is 1.57. The lowest BCUT2D eigenvalue weighted by Gasteiger charge is -2.13. The van der Waals surface area contributed by atoms with E-state index >= 15 is 0 Å². The van der Waals surface area contributed by atoms with Crippen molar-refractivity contribution in [3.63, 3.8) is 0 Å². The van der Waals surface area contributed by atoms with Crippen LogP contribution in [-0.4, -0.2) is 37.9 Å². The number of aromatic nitrogens is 2. The zero-order valence-corrected chi connectivity index (χ0v) is 8.32. The van der Waals surface area contributed by atoms with Crippen molar-refractivity contribution in [3.8, 4) is 0 Å². The highest BCUT2D eigenvalue weighted by atomic mass is 32.2. The van der Waals surface area contributed by atoms with E-state index in [-0.39, 0.29) is 17.5 Å². The third-order valence-corrected chi connectivity index (χ3v) is 2.85. The molecule has 0 unspecified atom stereocenters. The van der Waals surface area contributed by atoms with Crippen LogP contribution in [0, 0.1) is 0 Å². The van der Waals surface area contributed by atoms with Crippen molar-refractivity contribution < 1.29 is 18.0 Å². The summed E-state index contributed by atoms with van der Waals surface area (Å²) in [5.74, 6) is 0. The van der Waals surface area contributed by atoms with Gasteiger partial charge in [0.25, 0.3) is 10.0 Å². The summed E-state index contributed by atoms with van der Waals surface area (Å²) in [5, 5.41) is 9.32. The number of sulfonamides is 1. The average molecular weight is 232 g/mol. The first-order valence-electron chi connectivity index (χ1n) is 4.03. The van der Waals surface area contributed by atoms with Gasteiger partial charge in [0.05, 0.1) is 6.20 Å². The molecule has 2 N–H and O–H groups in total. The van der Waals surface area contributed by atoms with Gasteiger partial charge in [0, 0.05) is 6.20 Å². The number of nitrogens with zero attached hydrogens (tertiary/aromatic N) is 2. The van der Waals surface area contributed by atoms with E-state index in [1.165, 1.54) is 12.4 Å². The lowest BCUT2D eigenvalue weighted by molar-refractivity contribution is 0.0615. The third kappa shape index (κ3) is 2.18. The Morgan fingerprint density at radius 3 is 2.93 bits per heavy atom. The normalized spacial score (nSPS) is 16.1. The van der Waals surface area contributed by atoms with Gasteiger partial charge in [0.2, 0.25) is 0 Å². The Labute approximate surface area is 85.3 Å². The number of aromatic amines is 1. The fourth-order valence-electron chi connectivity index (χ4n) is 0.914. The molecule has 0 saturated heterocycles. The van der Waals surface area contributed by atoms with Crippen molar-refractivity contribution in [1.29, 1.82) is 0 Å². The minimum atomic E-state index is -3.70. The number of H-pyrrole nitrogens is 1. The van der Waals surface area contributed by atoms with Crippen molar-refractivity contribution in [3.05, 3.63) is 12.4 Å². The van der Waals surface area contributed by atoms with Gasteiger partial charge >= 0.3 is 6.02 Å². The Kier molecular flexibility index (Phi) is 2.46. The van der Waals surface area contributed by atoms with E-state index in [1.807, 2.05) is 0 Å². The quantitative estimate of drug-likeness (QED) is 0.680. The molecule has 1 aliphatic heterocycles. The van der Waals surface area contributed by atoms with Crippen LogP contribution >= 0.6 is 0 Å². The van der Waals surface area contributed by atoms with Crippen LogP contribution in [-0.2, 0) is 19.6 Å². The lowest BCUT2D eigenvalue weighted by Crippen LogP contribution is -2.35. The summed E-state index contributed by atoms with van der Waals surface area (Å²) in [5.41, 5.74) is 0. The number of nitrogens with one attached hydrogen (secondary N) is 2. The molecule has 82 valence electrons. The minimum Gasteiger partial charge on any atom is -0.459 e. The molecule has 0 atom stereocenters. The Morgan fingerprint density at radius 1 is 1.47 bits per heavy atom. The van der Waals surface area contributed by atoms with Gasteiger partial charge in [-0.25, -0.2) is 13.1 Å². The van der Waals surface area contributed by atoms with Crippen molar-refractivity contribution in [1.82, 2.24) is 14.9 Å². The molecule has 0 aromatic carbocycles. The zero-order chi connectivity index (χ0) is 10.7. The number of oxime groups is 1. The van der Waals surface area contributed by atoms with Crippen LogP contribution in [0.5, 0.6) is 0 Å². The first-order valence-corrected chi connectivity index (χ1v) is 5.51. The predicted octanol–water partition coefficient (Wildman–Crippen LogP) is -0.994. The number of rotatable bonds is 2. The summed E-state index contributed by atoms with van der Waals surface area (Å²) in [6.45, 7) is 0.559. The fourth-order valence-corrected chi connectivity index (χ4v) is 1.76. The van der Waals surface area contributed by atoms with E-state index in [1.54, 1.807) is 0 Å². The smallest absolute Gasteiger partial charge is 0.338 e. The molecule has 1 aromatic heterocycles. The summed E-state index contributed by atoms with van der Waals surface area (Å²) < 4.78 is 30.2. The molecular formula is C6H8N4O4S. The van der Waals surface area contributed by atoms with E-state index < -0.39 is 10.0 Å². The van der Waals surface area contributed by atoms with Crippen LogP contribution in [0.2, 0.25) is 0 Å². The Balaban J connectivity index is 2.14. The highest BCUT2D eigenvalue weighted by Crippen LogP contribution is 2.05. The van der Waals surface area contributed by atoms with Gasteiger partial charge in [-0.3, -0.25) is 5.10 Å². The maximum absolute atomic E-state index is 11.6. The summed E-state index contributed by atoms with van der Waals surface area (Å²) in [6.07, 6.45) is 2.42. The summed E-state index contributed by atoms with van der Waals surface area (Å²) in [7, 11) is -3.70. The molecule has 1 aliphatic rings. The van der Waals surface area contributed by atoms with Gasteiger partial charge in [-0.2, -0.15) is 5.10 Å². The number of ether oxygens (including phenoxy) is 1. The van der Waals surface area contributed by atoms with Crippen LogP contribution in [0.15, 0.2) is 22.4 Å². The topological polar surface area (TPSA) is 106 Å². The van der Waals surface area contributed by atoms with Crippen LogP contribution in [0.25, 0.3) is 0 Å². The summed E-state index contributed by atoms with van der Waals surface area (Å²) >= 11 is 0. The van der Waals surface area contributed by atoms with E-state index in [0.29, 0.717) is 6.61 Å². The highest BCUT2D eigenvalue weighted by molar-refractivity contribution is 7.90. The van der Waals surface area contributed by atoms with E-state index in [0.717, 1.165) is 0 Å². The predicted molar refractivity (Wildman–Crippen MR) is 48.2 cm³/mol. The molecule has 0 radical (unpaired) electrons. The fraction of sp³-hybridized carbons (Fsp3) is 0.333. The van der Waals surface area contributed by atoms with Crippen molar-refractivity contribution >= 4 is 16.0 Å². The highest BCUT2D eigenvalue weighted by Gasteiger charge is 2.20. The molecule has 1 aromatic rings. The van der Waals surface area contributed by atoms with Crippen molar-refractivity contribution in [2.75, 3.05) is 13.2 Å². The zero-order valence-electron chi connectivity index (χ0n) is 7.50. The Morgan fingerprint density at radius 2 is 2.33 bits per heavy atom. The van der Waals surface area contributed by atoms with Crippen molar-refractivity contribution in [2.24, 2.45) is 5.16 Å². The van der Waals surface area contributed by atoms with Gasteiger partial charge in [-0.05, 0) is 5.16 Å². The van der Waals surface area contributed by atoms with Crippen LogP contribution in [0.4, 0.5) is 0 Å². The minimum absolute atomic E-state index is 0.000580. The molecule has 2 heterocycles. The Bertz CT molecular complexity index is 451. The maximum atomic E-state index is 11.6. The maximum Gasteiger partial charge on any atom is 0.338 e. The average Bonchev–Trinajstić information content (AvgIpc) is 2.71. The first kappa shape index (κ1) is 9.77. The van der Waals surface area contributed by atoms with Crippen molar-refractivity contribution in [2.45, 2.75) is 4.90 Å². The van der Waals surface area contributed by atoms with Gasteiger partial charge in [0.1, 0.15) is 11.5 Å². The second-order valence-corrected chi connectivity index (χ2v) is 4.30. The molecule has 2 rings (SSSR count). The molecule has 15 heavy (non-hydrogen) atoms. The number of hydrogen-bond acceptors (Lipinski definition) is 6. The molecule has 9 heteroatoms. The summed E-state index contributed by atoms with van der Waals surface area (Å²) in [6, 6.07) is -0.178.